The molecule has 1 heterocycles. The Morgan fingerprint density at radius 3 is 2.50 bits per heavy atom. The molecule has 3 aliphatic rings. The first-order valence-corrected chi connectivity index (χ1v) is 10.2. The van der Waals surface area contributed by atoms with E-state index in [4.69, 9.17) is 0 Å². The third kappa shape index (κ3) is 2.95. The van der Waals surface area contributed by atoms with Crippen molar-refractivity contribution in [1.29, 1.82) is 0 Å². The Bertz CT molecular complexity index is 784. The Balaban J connectivity index is 1.35. The number of aromatic nitrogens is 2. The standard InChI is InChI=1S/C22H27N3O/c26-22(17-7-5-16(6-8-17)15-3-1-2-4-15)25(19-9-10-19)20-11-12-21-18(13-20)14-23-24-21/h5-8,14-15,19-20H,1-4,9-13H2,(H,23,24). The number of hydrogen-bond donors (Lipinski definition) is 1. The fraction of sp³-hybridized carbons (Fsp3) is 0.545. The Kier molecular flexibility index (Phi) is 4.07. The molecule has 136 valence electrons. The van der Waals surface area contributed by atoms with Gasteiger partial charge in [-0.15, -0.1) is 0 Å². The van der Waals surface area contributed by atoms with Crippen LogP contribution in [0, 0.1) is 0 Å². The molecule has 1 amide bonds. The number of hydrogen-bond acceptors (Lipinski definition) is 2. The third-order valence-electron chi connectivity index (χ3n) is 6.54. The molecular weight excluding hydrogens is 322 g/mol. The van der Waals surface area contributed by atoms with E-state index in [1.807, 2.05) is 6.20 Å². The molecule has 3 aliphatic carbocycles. The van der Waals surface area contributed by atoms with Gasteiger partial charge in [-0.1, -0.05) is 25.0 Å². The molecule has 1 N–H and O–H groups in total. The minimum absolute atomic E-state index is 0.224. The highest BCUT2D eigenvalue weighted by molar-refractivity contribution is 5.95. The number of H-pyrrole nitrogens is 1. The van der Waals surface area contributed by atoms with Crippen molar-refractivity contribution in [3.8, 4) is 0 Å². The van der Waals surface area contributed by atoms with Gasteiger partial charge in [0, 0.05) is 23.3 Å². The van der Waals surface area contributed by atoms with Gasteiger partial charge in [-0.25, -0.2) is 0 Å². The van der Waals surface area contributed by atoms with Crippen LogP contribution in [0.4, 0.5) is 0 Å². The van der Waals surface area contributed by atoms with Gasteiger partial charge in [0.2, 0.25) is 0 Å². The molecule has 0 bridgehead atoms. The summed E-state index contributed by atoms with van der Waals surface area (Å²) in [6.07, 6.45) is 12.5. The second-order valence-corrected chi connectivity index (χ2v) is 8.32. The highest BCUT2D eigenvalue weighted by Crippen LogP contribution is 2.36. The third-order valence-corrected chi connectivity index (χ3v) is 6.54. The number of amides is 1. The van der Waals surface area contributed by atoms with Gasteiger partial charge < -0.3 is 4.90 Å². The van der Waals surface area contributed by atoms with Crippen LogP contribution >= 0.6 is 0 Å². The fourth-order valence-corrected chi connectivity index (χ4v) is 4.92. The number of aryl methyl sites for hydroxylation is 1. The van der Waals surface area contributed by atoms with E-state index < -0.39 is 0 Å². The van der Waals surface area contributed by atoms with Crippen LogP contribution in [0.25, 0.3) is 0 Å². The molecule has 0 radical (unpaired) electrons. The summed E-state index contributed by atoms with van der Waals surface area (Å²) in [4.78, 5) is 15.5. The summed E-state index contributed by atoms with van der Waals surface area (Å²) in [5.74, 6) is 0.930. The molecule has 26 heavy (non-hydrogen) atoms. The van der Waals surface area contributed by atoms with Crippen LogP contribution in [0.15, 0.2) is 30.5 Å². The predicted octanol–water partition coefficient (Wildman–Crippen LogP) is 4.23. The summed E-state index contributed by atoms with van der Waals surface area (Å²) in [5, 5.41) is 7.28. The summed E-state index contributed by atoms with van der Waals surface area (Å²) in [7, 11) is 0. The lowest BCUT2D eigenvalue weighted by molar-refractivity contribution is 0.0643. The first-order chi connectivity index (χ1) is 12.8. The van der Waals surface area contributed by atoms with Crippen LogP contribution < -0.4 is 0 Å². The van der Waals surface area contributed by atoms with Crippen LogP contribution in [-0.2, 0) is 12.8 Å². The van der Waals surface area contributed by atoms with Gasteiger partial charge in [-0.05, 0) is 74.1 Å². The van der Waals surface area contributed by atoms with E-state index >= 15 is 0 Å². The molecule has 2 aromatic rings. The predicted molar refractivity (Wildman–Crippen MR) is 101 cm³/mol. The molecule has 4 heteroatoms. The van der Waals surface area contributed by atoms with Gasteiger partial charge in [-0.2, -0.15) is 5.10 Å². The van der Waals surface area contributed by atoms with Gasteiger partial charge in [0.1, 0.15) is 0 Å². The van der Waals surface area contributed by atoms with Crippen molar-refractivity contribution in [3.63, 3.8) is 0 Å². The van der Waals surface area contributed by atoms with Crippen LogP contribution in [0.2, 0.25) is 0 Å². The smallest absolute Gasteiger partial charge is 0.254 e. The number of aromatic amines is 1. The Labute approximate surface area is 155 Å². The maximum atomic E-state index is 13.3. The molecule has 0 spiro atoms. The molecule has 1 atom stereocenters. The molecule has 1 aromatic heterocycles. The lowest BCUT2D eigenvalue weighted by atomic mass is 9.91. The molecular formula is C22H27N3O. The maximum Gasteiger partial charge on any atom is 0.254 e. The highest BCUT2D eigenvalue weighted by Gasteiger charge is 2.39. The minimum Gasteiger partial charge on any atom is -0.332 e. The van der Waals surface area contributed by atoms with E-state index in [1.54, 1.807) is 0 Å². The number of carbonyl (C=O) groups is 1. The topological polar surface area (TPSA) is 49.0 Å². The van der Waals surface area contributed by atoms with Gasteiger partial charge >= 0.3 is 0 Å². The quantitative estimate of drug-likeness (QED) is 0.898. The van der Waals surface area contributed by atoms with Crippen LogP contribution in [0.1, 0.15) is 78.0 Å². The van der Waals surface area contributed by atoms with Crippen LogP contribution in [0.5, 0.6) is 0 Å². The summed E-state index contributed by atoms with van der Waals surface area (Å²) in [6, 6.07) is 9.28. The van der Waals surface area contributed by atoms with Crippen molar-refractivity contribution >= 4 is 5.91 Å². The number of carbonyl (C=O) groups excluding carboxylic acids is 1. The molecule has 4 nitrogen and oxygen atoms in total. The number of fused-ring (bicyclic) bond motifs is 1. The van der Waals surface area contributed by atoms with Crippen molar-refractivity contribution in [2.45, 2.75) is 75.8 Å². The second kappa shape index (κ2) is 6.57. The normalized spacial score (nSPS) is 23.0. The lowest BCUT2D eigenvalue weighted by Crippen LogP contribution is -2.44. The average molecular weight is 349 g/mol. The Hall–Kier alpha value is -2.10. The molecule has 0 saturated heterocycles. The van der Waals surface area contributed by atoms with Crippen molar-refractivity contribution in [3.05, 3.63) is 52.8 Å². The molecule has 1 aromatic carbocycles. The molecule has 1 unspecified atom stereocenters. The van der Waals surface area contributed by atoms with E-state index in [2.05, 4.69) is 39.4 Å². The summed E-state index contributed by atoms with van der Waals surface area (Å²) in [5.41, 5.74) is 4.82. The van der Waals surface area contributed by atoms with E-state index in [1.165, 1.54) is 42.5 Å². The number of nitrogens with zero attached hydrogens (tertiary/aromatic N) is 2. The molecule has 2 fully saturated rings. The SMILES string of the molecule is O=C(c1ccc(C2CCCC2)cc1)N(C1CC1)C1CCc2[nH]ncc2C1. The average Bonchev–Trinajstić information content (AvgIpc) is 3.17. The van der Waals surface area contributed by atoms with E-state index in [9.17, 15) is 4.79 Å². The monoisotopic (exact) mass is 349 g/mol. The Morgan fingerprint density at radius 2 is 1.77 bits per heavy atom. The first kappa shape index (κ1) is 16.1. The Morgan fingerprint density at radius 1 is 1.00 bits per heavy atom. The van der Waals surface area contributed by atoms with Gasteiger partial charge in [0.15, 0.2) is 0 Å². The molecule has 5 rings (SSSR count). The van der Waals surface area contributed by atoms with E-state index in [-0.39, 0.29) is 5.91 Å². The van der Waals surface area contributed by atoms with Gasteiger partial charge in [-0.3, -0.25) is 9.89 Å². The highest BCUT2D eigenvalue weighted by atomic mass is 16.2. The van der Waals surface area contributed by atoms with Crippen molar-refractivity contribution < 1.29 is 4.79 Å². The van der Waals surface area contributed by atoms with Crippen molar-refractivity contribution in [1.82, 2.24) is 15.1 Å². The van der Waals surface area contributed by atoms with Crippen molar-refractivity contribution in [2.24, 2.45) is 0 Å². The zero-order valence-corrected chi connectivity index (χ0v) is 15.3. The minimum atomic E-state index is 0.224. The number of benzene rings is 1. The number of rotatable bonds is 4. The second-order valence-electron chi connectivity index (χ2n) is 8.32. The van der Waals surface area contributed by atoms with Crippen LogP contribution in [0.3, 0.4) is 0 Å². The lowest BCUT2D eigenvalue weighted by Gasteiger charge is -2.34. The summed E-state index contributed by atoms with van der Waals surface area (Å²) >= 11 is 0. The van der Waals surface area contributed by atoms with E-state index in [0.29, 0.717) is 18.0 Å². The molecule has 2 saturated carbocycles. The first-order valence-electron chi connectivity index (χ1n) is 10.2. The zero-order chi connectivity index (χ0) is 17.5. The fourth-order valence-electron chi connectivity index (χ4n) is 4.92. The summed E-state index contributed by atoms with van der Waals surface area (Å²) < 4.78 is 0. The van der Waals surface area contributed by atoms with Gasteiger partial charge in [0.25, 0.3) is 5.91 Å². The van der Waals surface area contributed by atoms with Crippen molar-refractivity contribution in [2.75, 3.05) is 0 Å². The van der Waals surface area contributed by atoms with E-state index in [0.717, 1.165) is 37.7 Å². The number of nitrogens with one attached hydrogen (secondary N) is 1. The summed E-state index contributed by atoms with van der Waals surface area (Å²) in [6.45, 7) is 0. The maximum absolute atomic E-state index is 13.3. The zero-order valence-electron chi connectivity index (χ0n) is 15.3. The largest absolute Gasteiger partial charge is 0.332 e. The van der Waals surface area contributed by atoms with Crippen LogP contribution in [-0.4, -0.2) is 33.1 Å². The van der Waals surface area contributed by atoms with Gasteiger partial charge in [0.05, 0.1) is 6.20 Å². The molecule has 0 aliphatic heterocycles.